The Morgan fingerprint density at radius 1 is 1.12 bits per heavy atom. The summed E-state index contributed by atoms with van der Waals surface area (Å²) in [6, 6.07) is 6.78. The molecular weight excluding hydrogens is 216 g/mol. The second-order valence-electron chi connectivity index (χ2n) is 4.01. The molecule has 4 nitrogen and oxygen atoms in total. The molecule has 94 valence electrons. The van der Waals surface area contributed by atoms with Gasteiger partial charge < -0.3 is 5.73 Å². The van der Waals surface area contributed by atoms with E-state index in [1.807, 2.05) is 20.8 Å². The van der Waals surface area contributed by atoms with Crippen LogP contribution in [0.2, 0.25) is 0 Å². The topological polar surface area (TPSA) is 52.3 Å². The molecule has 0 amide bonds. The minimum atomic E-state index is -0.296. The molecule has 0 aliphatic heterocycles. The Kier molecular flexibility index (Phi) is 4.52. The van der Waals surface area contributed by atoms with Crippen LogP contribution in [0.5, 0.6) is 0 Å². The van der Waals surface area contributed by atoms with Gasteiger partial charge in [0.25, 0.3) is 0 Å². The summed E-state index contributed by atoms with van der Waals surface area (Å²) in [6.07, 6.45) is 0. The number of anilines is 1. The predicted molar refractivity (Wildman–Crippen MR) is 68.2 cm³/mol. The zero-order chi connectivity index (χ0) is 12.9. The number of rotatable bonds is 5. The lowest BCUT2D eigenvalue weighted by molar-refractivity contribution is -1.08. The van der Waals surface area contributed by atoms with Crippen molar-refractivity contribution >= 4 is 11.7 Å². The van der Waals surface area contributed by atoms with Gasteiger partial charge in [0, 0.05) is 5.69 Å². The molecule has 0 bridgehead atoms. The number of nitrogen functional groups attached to an aromatic ring is 1. The third-order valence-corrected chi connectivity index (χ3v) is 3.15. The van der Waals surface area contributed by atoms with Gasteiger partial charge in [0.15, 0.2) is 0 Å². The van der Waals surface area contributed by atoms with Crippen molar-refractivity contribution in [3.05, 3.63) is 29.8 Å². The van der Waals surface area contributed by atoms with E-state index in [1.165, 1.54) is 0 Å². The van der Waals surface area contributed by atoms with E-state index in [0.29, 0.717) is 15.9 Å². The molecule has 1 aromatic carbocycles. The maximum absolute atomic E-state index is 12.0. The van der Waals surface area contributed by atoms with E-state index in [0.717, 1.165) is 19.6 Å². The van der Waals surface area contributed by atoms with Crippen LogP contribution >= 0.6 is 0 Å². The summed E-state index contributed by atoms with van der Waals surface area (Å²) in [7, 11) is 0. The van der Waals surface area contributed by atoms with E-state index in [4.69, 9.17) is 10.6 Å². The van der Waals surface area contributed by atoms with Gasteiger partial charge in [-0.3, -0.25) is 4.84 Å². The van der Waals surface area contributed by atoms with Gasteiger partial charge in [-0.05, 0) is 45.0 Å². The molecule has 0 aliphatic rings. The number of benzene rings is 1. The Morgan fingerprint density at radius 2 is 1.59 bits per heavy atom. The first-order chi connectivity index (χ1) is 8.06. The van der Waals surface area contributed by atoms with Gasteiger partial charge >= 0.3 is 5.97 Å². The van der Waals surface area contributed by atoms with E-state index in [9.17, 15) is 4.79 Å². The lowest BCUT2D eigenvalue weighted by Crippen LogP contribution is -2.48. The zero-order valence-electron chi connectivity index (χ0n) is 10.8. The molecular formula is C13H21N2O2+. The van der Waals surface area contributed by atoms with Crippen LogP contribution in [0, 0.1) is 0 Å². The molecule has 1 aromatic rings. The van der Waals surface area contributed by atoms with Crippen molar-refractivity contribution in [2.24, 2.45) is 0 Å². The van der Waals surface area contributed by atoms with Gasteiger partial charge in [-0.1, -0.05) is 0 Å². The Morgan fingerprint density at radius 3 is 2.00 bits per heavy atom. The molecule has 0 atom stereocenters. The number of carbonyl (C=O) groups is 1. The number of carbonyl (C=O) groups excluding carboxylic acids is 1. The molecule has 0 aliphatic carbocycles. The summed E-state index contributed by atoms with van der Waals surface area (Å²) >= 11 is 0. The van der Waals surface area contributed by atoms with Crippen LogP contribution in [0.25, 0.3) is 0 Å². The van der Waals surface area contributed by atoms with Crippen molar-refractivity contribution in [3.63, 3.8) is 0 Å². The average Bonchev–Trinajstić information content (AvgIpc) is 2.37. The Bertz CT molecular complexity index is 361. The van der Waals surface area contributed by atoms with Crippen molar-refractivity contribution in [2.45, 2.75) is 20.8 Å². The van der Waals surface area contributed by atoms with Gasteiger partial charge in [0.1, 0.15) is 19.6 Å². The first-order valence-corrected chi connectivity index (χ1v) is 6.02. The summed E-state index contributed by atoms with van der Waals surface area (Å²) in [4.78, 5) is 17.5. The number of nitrogens with two attached hydrogens (primary N) is 1. The maximum atomic E-state index is 12.0. The highest BCUT2D eigenvalue weighted by atomic mass is 16.7. The molecule has 0 saturated carbocycles. The van der Waals surface area contributed by atoms with Gasteiger partial charge in [0.05, 0.1) is 5.56 Å². The van der Waals surface area contributed by atoms with Crippen LogP contribution in [0.4, 0.5) is 5.69 Å². The third kappa shape index (κ3) is 3.20. The van der Waals surface area contributed by atoms with Crippen molar-refractivity contribution in [2.75, 3.05) is 25.4 Å². The average molecular weight is 237 g/mol. The largest absolute Gasteiger partial charge is 0.399 e. The van der Waals surface area contributed by atoms with Crippen LogP contribution in [0.15, 0.2) is 24.3 Å². The minimum absolute atomic E-state index is 0.296. The first-order valence-electron chi connectivity index (χ1n) is 6.02. The third-order valence-electron chi connectivity index (χ3n) is 3.15. The lowest BCUT2D eigenvalue weighted by Gasteiger charge is -2.31. The van der Waals surface area contributed by atoms with Crippen molar-refractivity contribution in [3.8, 4) is 0 Å². The Hall–Kier alpha value is -1.55. The Balaban J connectivity index is 2.81. The molecule has 0 unspecified atom stereocenters. The van der Waals surface area contributed by atoms with Crippen LogP contribution in [0.3, 0.4) is 0 Å². The molecule has 0 fully saturated rings. The smallest absolute Gasteiger partial charge is 0.397 e. The molecule has 0 saturated heterocycles. The number of hydrogen-bond acceptors (Lipinski definition) is 3. The fourth-order valence-electron chi connectivity index (χ4n) is 1.71. The highest BCUT2D eigenvalue weighted by Crippen LogP contribution is 2.13. The maximum Gasteiger partial charge on any atom is 0.397 e. The lowest BCUT2D eigenvalue weighted by atomic mass is 10.2. The van der Waals surface area contributed by atoms with E-state index in [1.54, 1.807) is 24.3 Å². The molecule has 0 radical (unpaired) electrons. The molecule has 17 heavy (non-hydrogen) atoms. The zero-order valence-corrected chi connectivity index (χ0v) is 10.8. The number of hydroxylamine groups is 3. The summed E-state index contributed by atoms with van der Waals surface area (Å²) in [6.45, 7) is 8.37. The summed E-state index contributed by atoms with van der Waals surface area (Å²) in [5.41, 5.74) is 6.76. The van der Waals surface area contributed by atoms with Gasteiger partial charge in [0.2, 0.25) is 0 Å². The standard InChI is InChI=1S/C13H20N2O2/c1-4-15(5-2,6-3)17-13(16)11-7-9-12(14)10-8-11/h7-10H,4-6H2,1-3H3,(H-,14,16)/p+1. The minimum Gasteiger partial charge on any atom is -0.399 e. The highest BCUT2D eigenvalue weighted by Gasteiger charge is 2.27. The van der Waals surface area contributed by atoms with E-state index in [-0.39, 0.29) is 5.97 Å². The number of hydrogen-bond donors (Lipinski definition) is 1. The molecule has 4 heteroatoms. The summed E-state index contributed by atoms with van der Waals surface area (Å²) in [5.74, 6) is -0.296. The van der Waals surface area contributed by atoms with Crippen LogP contribution in [0.1, 0.15) is 31.1 Å². The molecule has 1 rings (SSSR count). The Labute approximate surface area is 103 Å². The van der Waals surface area contributed by atoms with E-state index in [2.05, 4.69) is 0 Å². The second-order valence-corrected chi connectivity index (χ2v) is 4.01. The van der Waals surface area contributed by atoms with Crippen molar-refractivity contribution in [1.29, 1.82) is 0 Å². The fourth-order valence-corrected chi connectivity index (χ4v) is 1.71. The first kappa shape index (κ1) is 13.5. The normalized spacial score (nSPS) is 11.2. The van der Waals surface area contributed by atoms with Gasteiger partial charge in [-0.2, -0.15) is 0 Å². The molecule has 0 aromatic heterocycles. The van der Waals surface area contributed by atoms with E-state index >= 15 is 0 Å². The van der Waals surface area contributed by atoms with Crippen molar-refractivity contribution < 1.29 is 14.3 Å². The van der Waals surface area contributed by atoms with E-state index < -0.39 is 0 Å². The molecule has 2 N–H and O–H groups in total. The predicted octanol–water partition coefficient (Wildman–Crippen LogP) is 2.22. The van der Waals surface area contributed by atoms with Crippen LogP contribution in [-0.4, -0.2) is 30.2 Å². The molecule has 0 heterocycles. The van der Waals surface area contributed by atoms with Gasteiger partial charge in [-0.25, -0.2) is 4.79 Å². The summed E-state index contributed by atoms with van der Waals surface area (Å²) in [5, 5.41) is 0. The van der Waals surface area contributed by atoms with Crippen molar-refractivity contribution in [1.82, 2.24) is 0 Å². The monoisotopic (exact) mass is 237 g/mol. The number of quaternary nitrogens is 1. The van der Waals surface area contributed by atoms with Crippen LogP contribution < -0.4 is 5.73 Å². The quantitative estimate of drug-likeness (QED) is 0.485. The second kappa shape index (κ2) is 5.68. The molecule has 0 spiro atoms. The van der Waals surface area contributed by atoms with Crippen LogP contribution in [-0.2, 0) is 4.84 Å². The fraction of sp³-hybridized carbons (Fsp3) is 0.462. The SMILES string of the molecule is CC[N+](CC)(CC)OC(=O)c1ccc(N)cc1. The highest BCUT2D eigenvalue weighted by molar-refractivity contribution is 5.89. The van der Waals surface area contributed by atoms with Gasteiger partial charge in [-0.15, -0.1) is 4.65 Å². The summed E-state index contributed by atoms with van der Waals surface area (Å²) < 4.78 is 0.350. The number of nitrogens with zero attached hydrogens (tertiary/aromatic N) is 1.